The van der Waals surface area contributed by atoms with E-state index in [-0.39, 0.29) is 64.7 Å². The van der Waals surface area contributed by atoms with Gasteiger partial charge in [-0.05, 0) is 84.1 Å². The second-order valence-electron chi connectivity index (χ2n) is 19.6. The number of carbonyl (C=O) groups is 11. The molecule has 12 atom stereocenters. The standard InChI is InChI=1S/C51H87N15O15/c1-4-5-6-7-11-14-39(71)57-31(15-20-52)47(77)65-41(29(3)70)51(81)64-38(27-68)49(79)60-35-19-24-56-42(72)37(26-67)63-45(75)33(17-22-54)58-43(73)34(18-23-55)61-50(80)40(28(2)69)66-48(78)36(25-30-12-9-8-10-13-30)62-44(74)32(16-21-53)59-46(35)76/h8-10,12-13,28-29,31-38,40-41,67-70H,4-7,11,14-27,52-55H2,1-3H3,(H,56,72)(H,57,71)(H,58,73)(H,59,76)(H,60,79)(H,61,80)(H,62,74)(H,63,75)(H,64,81)(H,65,77)(H,66,78)/t28-,29-,31+,32+,33+,34+,35+,36-,37+,38-,40+,41+/m1/s1. The average Bonchev–Trinajstić information content (AvgIpc) is 3.44. The molecule has 1 aromatic carbocycles. The molecule has 1 heterocycles. The number of aliphatic hydroxyl groups excluding tert-OH is 4. The predicted octanol–water partition coefficient (Wildman–Crippen LogP) is -7.90. The van der Waals surface area contributed by atoms with Gasteiger partial charge in [-0.15, -0.1) is 0 Å². The molecule has 0 aliphatic carbocycles. The van der Waals surface area contributed by atoms with Crippen LogP contribution in [-0.2, 0) is 59.2 Å². The van der Waals surface area contributed by atoms with Crippen molar-refractivity contribution in [1.29, 1.82) is 0 Å². The van der Waals surface area contributed by atoms with Crippen LogP contribution in [0.5, 0.6) is 0 Å². The first-order chi connectivity index (χ1) is 38.6. The Morgan fingerprint density at radius 2 is 1.12 bits per heavy atom. The van der Waals surface area contributed by atoms with E-state index in [1.807, 2.05) is 6.92 Å². The number of hydrogen-bond acceptors (Lipinski definition) is 19. The molecule has 1 aromatic rings. The molecule has 23 N–H and O–H groups in total. The Balaban J connectivity index is 2.61. The van der Waals surface area contributed by atoms with E-state index in [1.54, 1.807) is 30.3 Å². The minimum atomic E-state index is -1.90. The highest BCUT2D eigenvalue weighted by atomic mass is 16.3. The Labute approximate surface area is 470 Å². The summed E-state index contributed by atoms with van der Waals surface area (Å²) in [5.74, 6) is -11.0. The van der Waals surface area contributed by atoms with Crippen molar-refractivity contribution in [2.75, 3.05) is 45.9 Å². The average molecular weight is 1150 g/mol. The molecule has 456 valence electrons. The van der Waals surface area contributed by atoms with E-state index < -0.39 is 164 Å². The Hall–Kier alpha value is -6.93. The highest BCUT2D eigenvalue weighted by molar-refractivity contribution is 5.99. The van der Waals surface area contributed by atoms with Crippen LogP contribution in [0.3, 0.4) is 0 Å². The van der Waals surface area contributed by atoms with Gasteiger partial charge in [-0.1, -0.05) is 62.9 Å². The first kappa shape index (κ1) is 70.2. The maximum Gasteiger partial charge on any atom is 0.245 e. The summed E-state index contributed by atoms with van der Waals surface area (Å²) in [5, 5.41) is 68.5. The Bertz CT molecular complexity index is 2210. The minimum Gasteiger partial charge on any atom is -0.394 e. The van der Waals surface area contributed by atoms with E-state index in [2.05, 4.69) is 58.5 Å². The van der Waals surface area contributed by atoms with Crippen molar-refractivity contribution >= 4 is 65.0 Å². The molecular weight excluding hydrogens is 1060 g/mol. The number of rotatable bonds is 27. The van der Waals surface area contributed by atoms with Gasteiger partial charge >= 0.3 is 0 Å². The number of nitrogens with two attached hydrogens (primary N) is 4. The Morgan fingerprint density at radius 3 is 1.64 bits per heavy atom. The van der Waals surface area contributed by atoms with Gasteiger partial charge in [0.2, 0.25) is 65.0 Å². The van der Waals surface area contributed by atoms with E-state index >= 15 is 0 Å². The Morgan fingerprint density at radius 1 is 0.593 bits per heavy atom. The van der Waals surface area contributed by atoms with Crippen molar-refractivity contribution in [2.45, 2.75) is 170 Å². The largest absolute Gasteiger partial charge is 0.394 e. The molecule has 11 amide bonds. The maximum absolute atomic E-state index is 14.3. The molecule has 81 heavy (non-hydrogen) atoms. The van der Waals surface area contributed by atoms with Gasteiger partial charge in [-0.25, -0.2) is 0 Å². The molecule has 0 aromatic heterocycles. The first-order valence-corrected chi connectivity index (χ1v) is 27.3. The number of benzene rings is 1. The van der Waals surface area contributed by atoms with Gasteiger partial charge in [-0.2, -0.15) is 0 Å². The van der Waals surface area contributed by atoms with Crippen molar-refractivity contribution in [3.05, 3.63) is 35.9 Å². The van der Waals surface area contributed by atoms with Crippen LogP contribution in [-0.4, -0.2) is 204 Å². The second kappa shape index (κ2) is 37.9. The maximum atomic E-state index is 14.3. The van der Waals surface area contributed by atoms with Crippen LogP contribution in [0.4, 0.5) is 0 Å². The van der Waals surface area contributed by atoms with Crippen LogP contribution in [0.15, 0.2) is 30.3 Å². The number of unbranched alkanes of at least 4 members (excludes halogenated alkanes) is 4. The van der Waals surface area contributed by atoms with Gasteiger partial charge in [0.15, 0.2) is 0 Å². The third-order valence-corrected chi connectivity index (χ3v) is 12.9. The summed E-state index contributed by atoms with van der Waals surface area (Å²) >= 11 is 0. The molecule has 1 aliphatic heterocycles. The number of nitrogens with one attached hydrogen (secondary N) is 11. The lowest BCUT2D eigenvalue weighted by Crippen LogP contribution is -2.62. The zero-order valence-corrected chi connectivity index (χ0v) is 46.3. The fourth-order valence-corrected chi connectivity index (χ4v) is 8.28. The lowest BCUT2D eigenvalue weighted by molar-refractivity contribution is -0.137. The fourth-order valence-electron chi connectivity index (χ4n) is 8.28. The molecule has 30 heteroatoms. The smallest absolute Gasteiger partial charge is 0.245 e. The zero-order valence-electron chi connectivity index (χ0n) is 46.3. The van der Waals surface area contributed by atoms with Crippen molar-refractivity contribution in [1.82, 2.24) is 58.5 Å². The number of hydrogen-bond donors (Lipinski definition) is 19. The van der Waals surface area contributed by atoms with Gasteiger partial charge in [0.1, 0.15) is 60.4 Å². The van der Waals surface area contributed by atoms with E-state index in [1.165, 1.54) is 6.92 Å². The van der Waals surface area contributed by atoms with Crippen molar-refractivity contribution < 1.29 is 73.2 Å². The number of aliphatic hydroxyl groups is 4. The van der Waals surface area contributed by atoms with Gasteiger partial charge in [0, 0.05) is 19.4 Å². The summed E-state index contributed by atoms with van der Waals surface area (Å²) in [5.41, 5.74) is 23.6. The number of carbonyl (C=O) groups excluding carboxylic acids is 11. The molecule has 2 rings (SSSR count). The molecular formula is C51H87N15O15. The summed E-state index contributed by atoms with van der Waals surface area (Å²) in [7, 11) is 0. The summed E-state index contributed by atoms with van der Waals surface area (Å²) in [6, 6.07) is -7.92. The highest BCUT2D eigenvalue weighted by Gasteiger charge is 2.37. The van der Waals surface area contributed by atoms with E-state index in [0.29, 0.717) is 12.0 Å². The molecule has 30 nitrogen and oxygen atoms in total. The highest BCUT2D eigenvalue weighted by Crippen LogP contribution is 2.10. The topological polar surface area (TPSA) is 505 Å². The van der Waals surface area contributed by atoms with Crippen LogP contribution in [0.25, 0.3) is 0 Å². The molecule has 1 fully saturated rings. The SMILES string of the molecule is CCCCCCCC(=O)N[C@@H](CCN)C(=O)N[C@H](C(=O)N[C@H](CO)C(=O)N[C@H]1CCNC(=O)[C@H](CO)NC(=O)[C@H](CCN)NC(=O)[C@H](CCN)NC(=O)[C@H]([C@@H](C)O)NC(=O)[C@@H](Cc2ccccc2)NC(=O)[C@H](CCN)NC1=O)[C@@H](C)O. The minimum absolute atomic E-state index is 0.0461. The van der Waals surface area contributed by atoms with Crippen LogP contribution < -0.4 is 81.4 Å². The zero-order chi connectivity index (χ0) is 60.6. The Kier molecular flexibility index (Phi) is 32.8. The van der Waals surface area contributed by atoms with Gasteiger partial charge in [0.25, 0.3) is 0 Å². The summed E-state index contributed by atoms with van der Waals surface area (Å²) < 4.78 is 0. The molecule has 0 bridgehead atoms. The predicted molar refractivity (Wildman–Crippen MR) is 293 cm³/mol. The molecule has 1 saturated heterocycles. The monoisotopic (exact) mass is 1150 g/mol. The summed E-state index contributed by atoms with van der Waals surface area (Å²) in [6.45, 7) is 1.05. The van der Waals surface area contributed by atoms with Crippen molar-refractivity contribution in [3.63, 3.8) is 0 Å². The van der Waals surface area contributed by atoms with Gasteiger partial charge in [-0.3, -0.25) is 52.7 Å². The molecule has 0 radical (unpaired) electrons. The van der Waals surface area contributed by atoms with Crippen LogP contribution >= 0.6 is 0 Å². The van der Waals surface area contributed by atoms with E-state index in [9.17, 15) is 73.2 Å². The van der Waals surface area contributed by atoms with Crippen LogP contribution in [0.1, 0.15) is 97.0 Å². The second-order valence-corrected chi connectivity index (χ2v) is 19.6. The van der Waals surface area contributed by atoms with E-state index in [4.69, 9.17) is 22.9 Å². The van der Waals surface area contributed by atoms with Crippen LogP contribution in [0, 0.1) is 0 Å². The third kappa shape index (κ3) is 24.8. The third-order valence-electron chi connectivity index (χ3n) is 12.9. The van der Waals surface area contributed by atoms with Crippen molar-refractivity contribution in [2.24, 2.45) is 22.9 Å². The molecule has 0 spiro atoms. The quantitative estimate of drug-likeness (QED) is 0.0364. The van der Waals surface area contributed by atoms with E-state index in [0.717, 1.165) is 32.6 Å². The van der Waals surface area contributed by atoms with Gasteiger partial charge in [0.05, 0.1) is 25.4 Å². The van der Waals surface area contributed by atoms with Gasteiger partial charge < -0.3 is 102 Å². The molecule has 1 aliphatic rings. The molecule has 0 saturated carbocycles. The lowest BCUT2D eigenvalue weighted by atomic mass is 10.0. The lowest BCUT2D eigenvalue weighted by Gasteiger charge is -2.29. The summed E-state index contributed by atoms with van der Waals surface area (Å²) in [6.07, 6.45) is -0.357. The first-order valence-electron chi connectivity index (χ1n) is 27.3. The van der Waals surface area contributed by atoms with Crippen LogP contribution in [0.2, 0.25) is 0 Å². The van der Waals surface area contributed by atoms with Crippen molar-refractivity contribution in [3.8, 4) is 0 Å². The normalized spacial score (nSPS) is 23.0. The fraction of sp³-hybridized carbons (Fsp3) is 0.667. The molecule has 0 unspecified atom stereocenters. The number of amides is 11. The summed E-state index contributed by atoms with van der Waals surface area (Å²) in [4.78, 5) is 151.